The first-order chi connectivity index (χ1) is 14.4. The van der Waals surface area contributed by atoms with Crippen LogP contribution < -0.4 is 16.4 Å². The van der Waals surface area contributed by atoms with Crippen molar-refractivity contribution in [2.24, 2.45) is 5.73 Å². The Morgan fingerprint density at radius 3 is 2.70 bits per heavy atom. The zero-order valence-corrected chi connectivity index (χ0v) is 17.9. The third-order valence-electron chi connectivity index (χ3n) is 4.83. The van der Waals surface area contributed by atoms with Gasteiger partial charge in [-0.05, 0) is 29.3 Å². The minimum absolute atomic E-state index is 0.120. The predicted molar refractivity (Wildman–Crippen MR) is 117 cm³/mol. The van der Waals surface area contributed by atoms with Gasteiger partial charge in [0.1, 0.15) is 0 Å². The summed E-state index contributed by atoms with van der Waals surface area (Å²) in [6.45, 7) is 3.38. The second-order valence-electron chi connectivity index (χ2n) is 7.06. The summed E-state index contributed by atoms with van der Waals surface area (Å²) in [7, 11) is 0. The van der Waals surface area contributed by atoms with E-state index in [4.69, 9.17) is 33.7 Å². The number of nitrogens with two attached hydrogens (primary N) is 1. The van der Waals surface area contributed by atoms with Crippen LogP contribution in [0.1, 0.15) is 21.5 Å². The minimum atomic E-state index is -0.523. The van der Waals surface area contributed by atoms with E-state index < -0.39 is 5.91 Å². The summed E-state index contributed by atoms with van der Waals surface area (Å²) in [6, 6.07) is 12.2. The van der Waals surface area contributed by atoms with Gasteiger partial charge in [0.05, 0.1) is 22.8 Å². The van der Waals surface area contributed by atoms with Crippen molar-refractivity contribution in [2.45, 2.75) is 19.2 Å². The van der Waals surface area contributed by atoms with Crippen LogP contribution in [0.5, 0.6) is 0 Å². The molecule has 30 heavy (non-hydrogen) atoms. The van der Waals surface area contributed by atoms with E-state index in [1.807, 2.05) is 12.1 Å². The number of ether oxygens (including phenoxy) is 1. The van der Waals surface area contributed by atoms with Gasteiger partial charge in [0.15, 0.2) is 0 Å². The van der Waals surface area contributed by atoms with Crippen molar-refractivity contribution < 1.29 is 14.3 Å². The van der Waals surface area contributed by atoms with Gasteiger partial charge in [-0.3, -0.25) is 9.69 Å². The molecule has 0 aromatic heterocycles. The van der Waals surface area contributed by atoms with E-state index in [-0.39, 0.29) is 18.7 Å². The topological polar surface area (TPSA) is 96.7 Å². The van der Waals surface area contributed by atoms with Crippen LogP contribution in [0.4, 0.5) is 4.79 Å². The summed E-state index contributed by atoms with van der Waals surface area (Å²) in [5, 5.41) is 6.63. The largest absolute Gasteiger partial charge is 0.374 e. The molecular weight excluding hydrogens is 427 g/mol. The molecule has 1 fully saturated rings. The zero-order valence-electron chi connectivity index (χ0n) is 16.4. The van der Waals surface area contributed by atoms with E-state index in [0.717, 1.165) is 18.7 Å². The van der Waals surface area contributed by atoms with Gasteiger partial charge in [0, 0.05) is 38.3 Å². The summed E-state index contributed by atoms with van der Waals surface area (Å²) in [6.07, 6.45) is -0.120. The Morgan fingerprint density at radius 1 is 1.13 bits per heavy atom. The highest BCUT2D eigenvalue weighted by Gasteiger charge is 2.21. The molecule has 1 saturated heterocycles. The van der Waals surface area contributed by atoms with Gasteiger partial charge < -0.3 is 21.1 Å². The molecule has 0 radical (unpaired) electrons. The van der Waals surface area contributed by atoms with Gasteiger partial charge >= 0.3 is 6.03 Å². The van der Waals surface area contributed by atoms with Crippen molar-refractivity contribution in [1.82, 2.24) is 15.5 Å². The normalized spacial score (nSPS) is 16.8. The number of rotatable bonds is 7. The number of urea groups is 1. The molecule has 1 aliphatic heterocycles. The lowest BCUT2D eigenvalue weighted by Gasteiger charge is -2.33. The maximum absolute atomic E-state index is 12.1. The van der Waals surface area contributed by atoms with Crippen LogP contribution in [0, 0.1) is 0 Å². The first kappa shape index (κ1) is 22.4. The molecule has 3 amide bonds. The number of benzene rings is 2. The molecule has 1 unspecified atom stereocenters. The Balaban J connectivity index is 1.44. The molecule has 1 heterocycles. The Morgan fingerprint density at radius 2 is 1.93 bits per heavy atom. The number of halogens is 2. The van der Waals surface area contributed by atoms with Crippen LogP contribution in [0.25, 0.3) is 0 Å². The quantitative estimate of drug-likeness (QED) is 0.603. The van der Waals surface area contributed by atoms with Gasteiger partial charge in [-0.1, -0.05) is 47.5 Å². The van der Waals surface area contributed by atoms with Crippen LogP contribution in [0.15, 0.2) is 42.5 Å². The Hall–Kier alpha value is -2.32. The van der Waals surface area contributed by atoms with Crippen LogP contribution >= 0.6 is 23.2 Å². The minimum Gasteiger partial charge on any atom is -0.374 e. The molecular formula is C21H24Cl2N4O3. The fourth-order valence-electron chi connectivity index (χ4n) is 3.30. The molecule has 9 heteroatoms. The van der Waals surface area contributed by atoms with Crippen LogP contribution in [0.3, 0.4) is 0 Å². The number of primary amides is 1. The molecule has 0 spiro atoms. The number of amides is 3. The second-order valence-corrected chi connectivity index (χ2v) is 7.88. The predicted octanol–water partition coefficient (Wildman–Crippen LogP) is 2.79. The highest BCUT2D eigenvalue weighted by Crippen LogP contribution is 2.23. The molecule has 7 nitrogen and oxygen atoms in total. The van der Waals surface area contributed by atoms with Gasteiger partial charge in [-0.15, -0.1) is 0 Å². The van der Waals surface area contributed by atoms with Crippen LogP contribution in [-0.4, -0.2) is 49.2 Å². The average Bonchev–Trinajstić information content (AvgIpc) is 2.74. The molecule has 3 rings (SSSR count). The molecule has 160 valence electrons. The number of nitrogens with one attached hydrogen (secondary N) is 2. The van der Waals surface area contributed by atoms with E-state index in [1.54, 1.807) is 30.3 Å². The number of carbonyl (C=O) groups is 2. The number of morpholine rings is 1. The second kappa shape index (κ2) is 10.6. The Kier molecular flexibility index (Phi) is 7.93. The molecule has 4 N–H and O–H groups in total. The number of carbonyl (C=O) groups excluding carboxylic acids is 2. The number of hydrogen-bond donors (Lipinski definition) is 3. The van der Waals surface area contributed by atoms with Gasteiger partial charge in [0.2, 0.25) is 5.91 Å². The molecule has 1 aliphatic rings. The first-order valence-corrected chi connectivity index (χ1v) is 10.3. The fraction of sp³-hybridized carbons (Fsp3) is 0.333. The SMILES string of the molecule is NC(=O)c1ccccc1CNC(=O)NCC1CN(Cc2ccc(Cl)c(Cl)c2)CCO1. The molecule has 2 aromatic carbocycles. The highest BCUT2D eigenvalue weighted by molar-refractivity contribution is 6.42. The van der Waals surface area contributed by atoms with E-state index in [9.17, 15) is 9.59 Å². The smallest absolute Gasteiger partial charge is 0.315 e. The maximum atomic E-state index is 12.1. The molecule has 1 atom stereocenters. The molecule has 2 aromatic rings. The maximum Gasteiger partial charge on any atom is 0.315 e. The van der Waals surface area contributed by atoms with Crippen molar-refractivity contribution in [1.29, 1.82) is 0 Å². The highest BCUT2D eigenvalue weighted by atomic mass is 35.5. The first-order valence-electron chi connectivity index (χ1n) is 9.59. The summed E-state index contributed by atoms with van der Waals surface area (Å²) in [4.78, 5) is 25.8. The number of hydrogen-bond acceptors (Lipinski definition) is 4. The lowest BCUT2D eigenvalue weighted by atomic mass is 10.1. The van der Waals surface area contributed by atoms with E-state index >= 15 is 0 Å². The van der Waals surface area contributed by atoms with Crippen molar-refractivity contribution >= 4 is 35.1 Å². The van der Waals surface area contributed by atoms with Crippen LogP contribution in [-0.2, 0) is 17.8 Å². The van der Waals surface area contributed by atoms with Gasteiger partial charge in [-0.25, -0.2) is 4.79 Å². The summed E-state index contributed by atoms with van der Waals surface area (Å²) >= 11 is 12.1. The van der Waals surface area contributed by atoms with Crippen molar-refractivity contribution in [3.63, 3.8) is 0 Å². The Bertz CT molecular complexity index is 910. The molecule has 0 saturated carbocycles. The van der Waals surface area contributed by atoms with E-state index in [1.165, 1.54) is 0 Å². The van der Waals surface area contributed by atoms with Crippen molar-refractivity contribution in [2.75, 3.05) is 26.2 Å². The lowest BCUT2D eigenvalue weighted by molar-refractivity contribution is -0.0287. The zero-order chi connectivity index (χ0) is 21.5. The van der Waals surface area contributed by atoms with Gasteiger partial charge in [0.25, 0.3) is 0 Å². The third-order valence-corrected chi connectivity index (χ3v) is 5.56. The van der Waals surface area contributed by atoms with Crippen molar-refractivity contribution in [3.05, 3.63) is 69.2 Å². The van der Waals surface area contributed by atoms with Crippen molar-refractivity contribution in [3.8, 4) is 0 Å². The summed E-state index contributed by atoms with van der Waals surface area (Å²) in [5.74, 6) is -0.523. The fourth-order valence-corrected chi connectivity index (χ4v) is 3.62. The van der Waals surface area contributed by atoms with Gasteiger partial charge in [-0.2, -0.15) is 0 Å². The molecule has 0 aliphatic carbocycles. The standard InChI is InChI=1S/C21H24Cl2N4O3/c22-18-6-5-14(9-19(18)23)12-27-7-8-30-16(13-27)11-26-21(29)25-10-15-3-1-2-4-17(15)20(24)28/h1-6,9,16H,7-8,10-13H2,(H2,24,28)(H2,25,26,29). The Labute approximate surface area is 185 Å². The molecule has 0 bridgehead atoms. The average molecular weight is 451 g/mol. The number of nitrogens with zero attached hydrogens (tertiary/aromatic N) is 1. The van der Waals surface area contributed by atoms with E-state index in [0.29, 0.717) is 40.9 Å². The van der Waals surface area contributed by atoms with E-state index in [2.05, 4.69) is 15.5 Å². The van der Waals surface area contributed by atoms with Crippen LogP contribution in [0.2, 0.25) is 10.0 Å². The lowest BCUT2D eigenvalue weighted by Crippen LogP contribution is -2.48. The summed E-state index contributed by atoms with van der Waals surface area (Å²) in [5.41, 5.74) is 7.49. The summed E-state index contributed by atoms with van der Waals surface area (Å²) < 4.78 is 5.76. The third kappa shape index (κ3) is 6.34. The monoisotopic (exact) mass is 450 g/mol.